The van der Waals surface area contributed by atoms with E-state index in [2.05, 4.69) is 5.32 Å². The Labute approximate surface area is 128 Å². The summed E-state index contributed by atoms with van der Waals surface area (Å²) in [6.07, 6.45) is 2.50. The summed E-state index contributed by atoms with van der Waals surface area (Å²) in [6.45, 7) is 3.19. The zero-order valence-corrected chi connectivity index (χ0v) is 13.6. The van der Waals surface area contributed by atoms with Gasteiger partial charge < -0.3 is 5.32 Å². The Morgan fingerprint density at radius 3 is 2.40 bits per heavy atom. The first-order valence-corrected chi connectivity index (χ1v) is 8.29. The Morgan fingerprint density at radius 1 is 1.25 bits per heavy atom. The van der Waals surface area contributed by atoms with E-state index in [4.69, 9.17) is 0 Å². The minimum atomic E-state index is -3.33. The van der Waals surface area contributed by atoms with Gasteiger partial charge in [-0.3, -0.25) is 0 Å². The molecular weight excluding hydrogens is 296 g/mol. The largest absolute Gasteiger partial charge is 0.317 e. The van der Waals surface area contributed by atoms with E-state index in [1.807, 2.05) is 26.1 Å². The molecule has 1 fully saturated rings. The smallest absolute Gasteiger partial charge is 0.243 e. The van der Waals surface area contributed by atoms with Gasteiger partial charge in [-0.1, -0.05) is 25.1 Å². The maximum atomic E-state index is 12.7. The van der Waals surface area contributed by atoms with Crippen LogP contribution >= 0.6 is 12.4 Å². The van der Waals surface area contributed by atoms with Crippen LogP contribution < -0.4 is 5.32 Å². The van der Waals surface area contributed by atoms with Gasteiger partial charge >= 0.3 is 0 Å². The zero-order valence-electron chi connectivity index (χ0n) is 12.0. The molecule has 0 unspecified atom stereocenters. The number of nitrogens with one attached hydrogen (secondary N) is 1. The summed E-state index contributed by atoms with van der Waals surface area (Å²) in [7, 11) is -1.40. The number of hydrogen-bond acceptors (Lipinski definition) is 3. The lowest BCUT2D eigenvalue weighted by Gasteiger charge is -2.31. The lowest BCUT2D eigenvalue weighted by atomic mass is 10.1. The van der Waals surface area contributed by atoms with Gasteiger partial charge in [0.15, 0.2) is 0 Å². The van der Waals surface area contributed by atoms with Crippen LogP contribution in [0.5, 0.6) is 0 Å². The molecule has 1 aliphatic rings. The van der Waals surface area contributed by atoms with Crippen molar-refractivity contribution in [1.82, 2.24) is 9.62 Å². The van der Waals surface area contributed by atoms with Crippen LogP contribution in [0.1, 0.15) is 25.3 Å². The van der Waals surface area contributed by atoms with Gasteiger partial charge in [0.25, 0.3) is 0 Å². The van der Waals surface area contributed by atoms with Crippen LogP contribution in [0.15, 0.2) is 29.2 Å². The Morgan fingerprint density at radius 2 is 1.85 bits per heavy atom. The van der Waals surface area contributed by atoms with E-state index in [9.17, 15) is 8.42 Å². The molecule has 0 radical (unpaired) electrons. The molecule has 0 bridgehead atoms. The van der Waals surface area contributed by atoms with Gasteiger partial charge in [0, 0.05) is 19.1 Å². The monoisotopic (exact) mass is 318 g/mol. The third-order valence-corrected chi connectivity index (χ3v) is 5.83. The third kappa shape index (κ3) is 3.52. The molecule has 0 aliphatic carbocycles. The van der Waals surface area contributed by atoms with Crippen LogP contribution in [-0.2, 0) is 16.4 Å². The SMILES string of the molecule is CCc1ccccc1S(=O)(=O)N1CCC(NC)CC1.Cl. The molecule has 0 aromatic heterocycles. The molecule has 0 amide bonds. The maximum Gasteiger partial charge on any atom is 0.243 e. The normalized spacial score (nSPS) is 17.7. The Balaban J connectivity index is 0.00000200. The van der Waals surface area contributed by atoms with Gasteiger partial charge in [-0.25, -0.2) is 8.42 Å². The minimum Gasteiger partial charge on any atom is -0.317 e. The summed E-state index contributed by atoms with van der Waals surface area (Å²) in [5, 5.41) is 3.22. The molecular formula is C14H23ClN2O2S. The fourth-order valence-corrected chi connectivity index (χ4v) is 4.34. The fraction of sp³-hybridized carbons (Fsp3) is 0.571. The average molecular weight is 319 g/mol. The number of rotatable bonds is 4. The molecule has 1 N–H and O–H groups in total. The van der Waals surface area contributed by atoms with E-state index >= 15 is 0 Å². The van der Waals surface area contributed by atoms with Crippen molar-refractivity contribution in [1.29, 1.82) is 0 Å². The summed E-state index contributed by atoms with van der Waals surface area (Å²) in [6, 6.07) is 7.75. The zero-order chi connectivity index (χ0) is 13.9. The number of piperidine rings is 1. The first-order chi connectivity index (χ1) is 9.09. The van der Waals surface area contributed by atoms with Gasteiger partial charge in [0.05, 0.1) is 4.90 Å². The highest BCUT2D eigenvalue weighted by atomic mass is 35.5. The molecule has 1 heterocycles. The van der Waals surface area contributed by atoms with E-state index < -0.39 is 10.0 Å². The van der Waals surface area contributed by atoms with Crippen LogP contribution in [0.2, 0.25) is 0 Å². The van der Waals surface area contributed by atoms with Gasteiger partial charge in [0.1, 0.15) is 0 Å². The van der Waals surface area contributed by atoms with Crippen molar-refractivity contribution in [2.45, 2.75) is 37.1 Å². The van der Waals surface area contributed by atoms with Crippen LogP contribution in [-0.4, -0.2) is 38.9 Å². The highest BCUT2D eigenvalue weighted by Gasteiger charge is 2.29. The lowest BCUT2D eigenvalue weighted by Crippen LogP contribution is -2.44. The molecule has 1 saturated heterocycles. The predicted molar refractivity (Wildman–Crippen MR) is 83.9 cm³/mol. The maximum absolute atomic E-state index is 12.7. The number of nitrogens with zero attached hydrogens (tertiary/aromatic N) is 1. The highest BCUT2D eigenvalue weighted by molar-refractivity contribution is 7.89. The topological polar surface area (TPSA) is 49.4 Å². The van der Waals surface area contributed by atoms with Gasteiger partial charge in [-0.2, -0.15) is 4.31 Å². The van der Waals surface area contributed by atoms with Gasteiger partial charge in [0.2, 0.25) is 10.0 Å². The summed E-state index contributed by atoms with van der Waals surface area (Å²) < 4.78 is 27.0. The fourth-order valence-electron chi connectivity index (χ4n) is 2.57. The summed E-state index contributed by atoms with van der Waals surface area (Å²) in [5.74, 6) is 0. The minimum absolute atomic E-state index is 0. The summed E-state index contributed by atoms with van der Waals surface area (Å²) in [5.41, 5.74) is 0.901. The average Bonchev–Trinajstić information content (AvgIpc) is 2.47. The van der Waals surface area contributed by atoms with Gasteiger partial charge in [-0.15, -0.1) is 12.4 Å². The van der Waals surface area contributed by atoms with E-state index in [-0.39, 0.29) is 12.4 Å². The molecule has 2 rings (SSSR count). The Bertz CT molecular complexity index is 526. The number of sulfonamides is 1. The van der Waals surface area contributed by atoms with Crippen molar-refractivity contribution in [3.63, 3.8) is 0 Å². The third-order valence-electron chi connectivity index (χ3n) is 3.83. The first-order valence-electron chi connectivity index (χ1n) is 6.85. The van der Waals surface area contributed by atoms with E-state index in [0.717, 1.165) is 24.8 Å². The lowest BCUT2D eigenvalue weighted by molar-refractivity contribution is 0.298. The van der Waals surface area contributed by atoms with Crippen LogP contribution in [0.4, 0.5) is 0 Å². The van der Waals surface area contributed by atoms with Crippen molar-refractivity contribution in [3.8, 4) is 0 Å². The number of hydrogen-bond donors (Lipinski definition) is 1. The predicted octanol–water partition coefficient (Wildman–Crippen LogP) is 2.04. The van der Waals surface area contributed by atoms with Crippen molar-refractivity contribution in [2.24, 2.45) is 0 Å². The van der Waals surface area contributed by atoms with Crippen LogP contribution in [0.3, 0.4) is 0 Å². The second-order valence-corrected chi connectivity index (χ2v) is 6.83. The molecule has 4 nitrogen and oxygen atoms in total. The second-order valence-electron chi connectivity index (χ2n) is 4.93. The molecule has 0 atom stereocenters. The molecule has 1 aromatic rings. The molecule has 0 spiro atoms. The van der Waals surface area contributed by atoms with Gasteiger partial charge in [-0.05, 0) is 37.9 Å². The van der Waals surface area contributed by atoms with Crippen molar-refractivity contribution >= 4 is 22.4 Å². The first kappa shape index (κ1) is 17.4. The van der Waals surface area contributed by atoms with E-state index in [1.54, 1.807) is 16.4 Å². The Hall–Kier alpha value is -0.620. The van der Waals surface area contributed by atoms with Crippen LogP contribution in [0.25, 0.3) is 0 Å². The molecule has 0 saturated carbocycles. The van der Waals surface area contributed by atoms with E-state index in [0.29, 0.717) is 24.0 Å². The summed E-state index contributed by atoms with van der Waals surface area (Å²) >= 11 is 0. The van der Waals surface area contributed by atoms with E-state index in [1.165, 1.54) is 0 Å². The number of aryl methyl sites for hydroxylation is 1. The second kappa shape index (κ2) is 7.41. The highest BCUT2D eigenvalue weighted by Crippen LogP contribution is 2.23. The van der Waals surface area contributed by atoms with Crippen LogP contribution in [0, 0.1) is 0 Å². The quantitative estimate of drug-likeness (QED) is 0.924. The number of halogens is 1. The standard InChI is InChI=1S/C14H22N2O2S.ClH/c1-3-12-6-4-5-7-14(12)19(17,18)16-10-8-13(15-2)9-11-16;/h4-7,13,15H,3,8-11H2,1-2H3;1H. The number of benzene rings is 1. The van der Waals surface area contributed by atoms with Crippen molar-refractivity contribution in [2.75, 3.05) is 20.1 Å². The molecule has 1 aliphatic heterocycles. The summed E-state index contributed by atoms with van der Waals surface area (Å²) in [4.78, 5) is 0.473. The molecule has 6 heteroatoms. The molecule has 1 aromatic carbocycles. The Kier molecular flexibility index (Phi) is 6.45. The molecule has 20 heavy (non-hydrogen) atoms. The molecule has 114 valence electrons. The van der Waals surface area contributed by atoms with Crippen molar-refractivity contribution < 1.29 is 8.42 Å². The van der Waals surface area contributed by atoms with Crippen molar-refractivity contribution in [3.05, 3.63) is 29.8 Å².